The molecular formula is C26H29N5O5. The number of carbonyl (C=O) groups is 1. The summed E-state index contributed by atoms with van der Waals surface area (Å²) in [7, 11) is 5.40. The Kier molecular flexibility index (Phi) is 5.77. The molecule has 6 rings (SSSR count). The van der Waals surface area contributed by atoms with Crippen molar-refractivity contribution in [1.82, 2.24) is 15.0 Å². The van der Waals surface area contributed by atoms with Crippen molar-refractivity contribution in [1.29, 1.82) is 0 Å². The van der Waals surface area contributed by atoms with Crippen molar-refractivity contribution in [3.8, 4) is 22.9 Å². The number of fused-ring (bicyclic) bond motifs is 5. The van der Waals surface area contributed by atoms with Crippen molar-refractivity contribution < 1.29 is 23.5 Å². The highest BCUT2D eigenvalue weighted by Crippen LogP contribution is 2.42. The predicted octanol–water partition coefficient (Wildman–Crippen LogP) is 2.88. The van der Waals surface area contributed by atoms with Crippen molar-refractivity contribution in [3.63, 3.8) is 0 Å². The lowest BCUT2D eigenvalue weighted by Crippen LogP contribution is -2.45. The fraction of sp³-hybridized carbons (Fsp3) is 0.423. The van der Waals surface area contributed by atoms with Gasteiger partial charge in [-0.15, -0.1) is 0 Å². The topological polar surface area (TPSA) is 102 Å². The number of hydrogen-bond donors (Lipinski definition) is 1. The SMILES string of the molecule is COc1cc2c(c(N3CCN(C)CC3)c1)OC(C(=O)Nc1ccc3c(c1)C(OC)c1nc-3no1)CC2. The molecular weight excluding hydrogens is 462 g/mol. The van der Waals surface area contributed by atoms with Crippen LogP contribution in [0.15, 0.2) is 34.9 Å². The number of amides is 1. The fourth-order valence-electron chi connectivity index (χ4n) is 5.13. The number of ether oxygens (including phenoxy) is 3. The summed E-state index contributed by atoms with van der Waals surface area (Å²) in [5.41, 5.74) is 4.40. The van der Waals surface area contributed by atoms with Gasteiger partial charge in [-0.1, -0.05) is 5.16 Å². The van der Waals surface area contributed by atoms with Crippen molar-refractivity contribution >= 4 is 17.3 Å². The number of rotatable bonds is 5. The van der Waals surface area contributed by atoms with Gasteiger partial charge >= 0.3 is 0 Å². The van der Waals surface area contributed by atoms with E-state index < -0.39 is 12.2 Å². The quantitative estimate of drug-likeness (QED) is 0.577. The van der Waals surface area contributed by atoms with E-state index in [9.17, 15) is 4.79 Å². The lowest BCUT2D eigenvalue weighted by Gasteiger charge is -2.37. The third kappa shape index (κ3) is 3.96. The number of nitrogens with one attached hydrogen (secondary N) is 1. The molecule has 3 aliphatic rings. The molecule has 0 spiro atoms. The number of likely N-dealkylation sites (N-methyl/N-ethyl adjacent to an activating group) is 1. The van der Waals surface area contributed by atoms with Gasteiger partial charge in [0.25, 0.3) is 11.8 Å². The Bertz CT molecular complexity index is 1300. The average molecular weight is 492 g/mol. The molecule has 1 N–H and O–H groups in total. The molecule has 2 atom stereocenters. The molecule has 188 valence electrons. The monoisotopic (exact) mass is 491 g/mol. The van der Waals surface area contributed by atoms with Crippen molar-refractivity contribution in [2.24, 2.45) is 0 Å². The number of methoxy groups -OCH3 is 2. The van der Waals surface area contributed by atoms with Gasteiger partial charge in [0, 0.05) is 61.7 Å². The summed E-state index contributed by atoms with van der Waals surface area (Å²) in [5.74, 6) is 2.33. The maximum absolute atomic E-state index is 13.3. The maximum atomic E-state index is 13.3. The highest BCUT2D eigenvalue weighted by Gasteiger charge is 2.33. The number of anilines is 2. The van der Waals surface area contributed by atoms with Crippen LogP contribution in [0.4, 0.5) is 11.4 Å². The summed E-state index contributed by atoms with van der Waals surface area (Å²) < 4.78 is 22.8. The normalized spacial score (nSPS) is 20.8. The zero-order valence-electron chi connectivity index (χ0n) is 20.6. The minimum absolute atomic E-state index is 0.181. The minimum atomic E-state index is -0.598. The molecule has 1 saturated heterocycles. The zero-order chi connectivity index (χ0) is 24.8. The van der Waals surface area contributed by atoms with Gasteiger partial charge in [-0.2, -0.15) is 4.98 Å². The van der Waals surface area contributed by atoms with E-state index in [0.717, 1.165) is 66.5 Å². The average Bonchev–Trinajstić information content (AvgIpc) is 3.33. The van der Waals surface area contributed by atoms with Gasteiger partial charge in [0.2, 0.25) is 5.82 Å². The fourth-order valence-corrected chi connectivity index (χ4v) is 5.13. The smallest absolute Gasteiger partial charge is 0.265 e. The second-order valence-corrected chi connectivity index (χ2v) is 9.43. The summed E-state index contributed by atoms with van der Waals surface area (Å²) in [6.07, 6.45) is 0.255. The Morgan fingerprint density at radius 2 is 1.97 bits per heavy atom. The van der Waals surface area contributed by atoms with Gasteiger partial charge in [-0.25, -0.2) is 0 Å². The number of carbonyl (C=O) groups excluding carboxylic acids is 1. The standard InChI is InChI=1S/C26H29N5O5/c1-30-8-10-31(11-9-30)20-14-17(33-2)12-15-4-7-21(35-22(15)20)25(32)27-16-5-6-18-19(13-16)23(34-3)26-28-24(18)29-36-26/h5-6,12-14,21,23H,4,7-11H2,1-3H3,(H,27,32). The first-order valence-electron chi connectivity index (χ1n) is 12.2. The second-order valence-electron chi connectivity index (χ2n) is 9.43. The Balaban J connectivity index is 1.23. The summed E-state index contributed by atoms with van der Waals surface area (Å²) in [5, 5.41) is 7.03. The molecule has 4 heterocycles. The van der Waals surface area contributed by atoms with Crippen LogP contribution in [-0.4, -0.2) is 74.5 Å². The van der Waals surface area contributed by atoms with Gasteiger partial charge in [-0.05, 0) is 44.2 Å². The van der Waals surface area contributed by atoms with Crippen LogP contribution in [0.25, 0.3) is 11.4 Å². The molecule has 10 heteroatoms. The van der Waals surface area contributed by atoms with Crippen LogP contribution < -0.4 is 19.7 Å². The summed E-state index contributed by atoms with van der Waals surface area (Å²) in [6.45, 7) is 3.74. The molecule has 2 bridgehead atoms. The van der Waals surface area contributed by atoms with E-state index in [2.05, 4.69) is 32.3 Å². The lowest BCUT2D eigenvalue weighted by molar-refractivity contribution is -0.123. The number of benzene rings is 2. The molecule has 0 radical (unpaired) electrons. The molecule has 36 heavy (non-hydrogen) atoms. The first-order chi connectivity index (χ1) is 17.5. The van der Waals surface area contributed by atoms with Crippen LogP contribution in [0.5, 0.6) is 11.5 Å². The van der Waals surface area contributed by atoms with E-state index in [1.165, 1.54) is 0 Å². The van der Waals surface area contributed by atoms with Crippen LogP contribution in [0, 0.1) is 0 Å². The molecule has 0 aliphatic carbocycles. The third-order valence-corrected chi connectivity index (χ3v) is 7.17. The number of piperazine rings is 1. The van der Waals surface area contributed by atoms with Gasteiger partial charge in [0.1, 0.15) is 11.5 Å². The zero-order valence-corrected chi connectivity index (χ0v) is 20.6. The number of aromatic nitrogens is 2. The molecule has 3 aliphatic heterocycles. The highest BCUT2D eigenvalue weighted by atomic mass is 16.5. The Labute approximate surface area is 209 Å². The Morgan fingerprint density at radius 3 is 2.75 bits per heavy atom. The second kappa shape index (κ2) is 9.11. The summed E-state index contributed by atoms with van der Waals surface area (Å²) >= 11 is 0. The number of nitrogens with zero attached hydrogens (tertiary/aromatic N) is 4. The molecule has 2 unspecified atom stereocenters. The van der Waals surface area contributed by atoms with Crippen LogP contribution in [-0.2, 0) is 16.0 Å². The molecule has 10 nitrogen and oxygen atoms in total. The number of hydrogen-bond acceptors (Lipinski definition) is 9. The van der Waals surface area contributed by atoms with Crippen LogP contribution in [0.1, 0.15) is 29.5 Å². The predicted molar refractivity (Wildman–Crippen MR) is 133 cm³/mol. The van der Waals surface area contributed by atoms with Gasteiger partial charge < -0.3 is 33.9 Å². The third-order valence-electron chi connectivity index (χ3n) is 7.17. The molecule has 2 aromatic carbocycles. The van der Waals surface area contributed by atoms with Crippen molar-refractivity contribution in [2.75, 3.05) is 57.7 Å². The first kappa shape index (κ1) is 22.8. The lowest BCUT2D eigenvalue weighted by atomic mass is 9.98. The van der Waals surface area contributed by atoms with Gasteiger partial charge in [0.15, 0.2) is 12.2 Å². The Hall–Kier alpha value is -3.63. The van der Waals surface area contributed by atoms with E-state index >= 15 is 0 Å². The summed E-state index contributed by atoms with van der Waals surface area (Å²) in [4.78, 5) is 22.3. The highest BCUT2D eigenvalue weighted by molar-refractivity contribution is 5.95. The van der Waals surface area contributed by atoms with Crippen LogP contribution in [0.3, 0.4) is 0 Å². The van der Waals surface area contributed by atoms with Gasteiger partial charge in [-0.3, -0.25) is 4.79 Å². The van der Waals surface area contributed by atoms with E-state index in [-0.39, 0.29) is 5.91 Å². The van der Waals surface area contributed by atoms with Gasteiger partial charge in [0.05, 0.1) is 12.8 Å². The number of aryl methyl sites for hydroxylation is 1. The first-order valence-corrected chi connectivity index (χ1v) is 12.2. The van der Waals surface area contributed by atoms with E-state index in [1.807, 2.05) is 30.3 Å². The Morgan fingerprint density at radius 1 is 1.14 bits per heavy atom. The van der Waals surface area contributed by atoms with E-state index in [4.69, 9.17) is 18.7 Å². The minimum Gasteiger partial charge on any atom is -0.497 e. The molecule has 3 aromatic rings. The van der Waals surface area contributed by atoms with Crippen molar-refractivity contribution in [2.45, 2.75) is 25.0 Å². The van der Waals surface area contributed by atoms with Crippen molar-refractivity contribution in [3.05, 3.63) is 47.3 Å². The largest absolute Gasteiger partial charge is 0.497 e. The van der Waals surface area contributed by atoms with Crippen LogP contribution >= 0.6 is 0 Å². The van der Waals surface area contributed by atoms with E-state index in [1.54, 1.807) is 14.2 Å². The summed E-state index contributed by atoms with van der Waals surface area (Å²) in [6, 6.07) is 9.62. The maximum Gasteiger partial charge on any atom is 0.265 e. The molecule has 1 amide bonds. The molecule has 1 fully saturated rings. The van der Waals surface area contributed by atoms with E-state index in [0.29, 0.717) is 23.8 Å². The molecule has 1 aromatic heterocycles. The molecule has 0 saturated carbocycles. The van der Waals surface area contributed by atoms with Crippen LogP contribution in [0.2, 0.25) is 0 Å².